The van der Waals surface area contributed by atoms with Crippen LogP contribution in [0.2, 0.25) is 0 Å². The Bertz CT molecular complexity index is 863. The van der Waals surface area contributed by atoms with Gasteiger partial charge in [-0.25, -0.2) is 4.79 Å². The van der Waals surface area contributed by atoms with Gasteiger partial charge < -0.3 is 18.9 Å². The number of amides is 1. The van der Waals surface area contributed by atoms with Gasteiger partial charge in [0.05, 0.1) is 11.2 Å². The number of hydrogen-bond donors (Lipinski definition) is 0. The summed E-state index contributed by atoms with van der Waals surface area (Å²) in [6, 6.07) is 3.75. The molecule has 3 aliphatic heterocycles. The summed E-state index contributed by atoms with van der Waals surface area (Å²) in [7, 11) is -0.496. The van der Waals surface area contributed by atoms with Crippen molar-refractivity contribution >= 4 is 24.5 Å². The van der Waals surface area contributed by atoms with E-state index in [0.29, 0.717) is 18.5 Å². The minimum absolute atomic E-state index is 0.0474. The second kappa shape index (κ2) is 7.84. The summed E-state index contributed by atoms with van der Waals surface area (Å²) < 4.78 is 17.7. The van der Waals surface area contributed by atoms with Crippen LogP contribution in [-0.4, -0.2) is 57.8 Å². The van der Waals surface area contributed by atoms with Crippen molar-refractivity contribution < 1.29 is 23.6 Å². The Morgan fingerprint density at radius 1 is 1.06 bits per heavy atom. The van der Waals surface area contributed by atoms with Crippen LogP contribution >= 0.6 is 0 Å². The van der Waals surface area contributed by atoms with Gasteiger partial charge in [0.2, 0.25) is 0 Å². The van der Waals surface area contributed by atoms with Crippen LogP contribution in [0.1, 0.15) is 84.6 Å². The number of pyridine rings is 1. The van der Waals surface area contributed by atoms with E-state index in [1.54, 1.807) is 12.3 Å². The van der Waals surface area contributed by atoms with E-state index in [2.05, 4.69) is 4.98 Å². The lowest BCUT2D eigenvalue weighted by Gasteiger charge is -2.38. The van der Waals surface area contributed by atoms with Crippen molar-refractivity contribution in [3.05, 3.63) is 24.0 Å². The molecule has 2 bridgehead atoms. The van der Waals surface area contributed by atoms with E-state index in [0.717, 1.165) is 18.3 Å². The minimum atomic E-state index is -0.522. The summed E-state index contributed by atoms with van der Waals surface area (Å²) in [5.41, 5.74) is -0.104. The highest BCUT2D eigenvalue weighted by molar-refractivity contribution is 6.62. The van der Waals surface area contributed by atoms with Crippen LogP contribution in [0.25, 0.3) is 0 Å². The molecule has 0 saturated carbocycles. The molecule has 1 aromatic heterocycles. The first kappa shape index (κ1) is 23.2. The fourth-order valence-electron chi connectivity index (χ4n) is 4.88. The molecule has 0 aromatic carbocycles. The van der Waals surface area contributed by atoms with Gasteiger partial charge in [-0.2, -0.15) is 0 Å². The first-order valence-electron chi connectivity index (χ1n) is 11.6. The Balaban J connectivity index is 1.41. The third-order valence-corrected chi connectivity index (χ3v) is 7.27. The lowest BCUT2D eigenvalue weighted by Crippen LogP contribution is -2.49. The zero-order valence-electron chi connectivity index (χ0n) is 20.3. The molecule has 0 N–H and O–H groups in total. The molecule has 3 fully saturated rings. The molecule has 3 aliphatic rings. The van der Waals surface area contributed by atoms with Gasteiger partial charge in [0.1, 0.15) is 11.3 Å². The van der Waals surface area contributed by atoms with E-state index in [1.165, 1.54) is 0 Å². The van der Waals surface area contributed by atoms with Crippen molar-refractivity contribution in [3.63, 3.8) is 0 Å². The number of aromatic nitrogens is 1. The summed E-state index contributed by atoms with van der Waals surface area (Å²) in [4.78, 5) is 32.2. The van der Waals surface area contributed by atoms with Crippen molar-refractivity contribution in [2.75, 3.05) is 0 Å². The highest BCUT2D eigenvalue weighted by Crippen LogP contribution is 2.40. The van der Waals surface area contributed by atoms with E-state index in [9.17, 15) is 9.59 Å². The average molecular weight is 442 g/mol. The molecule has 0 spiro atoms. The molecule has 174 valence electrons. The smallest absolute Gasteiger partial charge is 0.444 e. The Kier molecular flexibility index (Phi) is 5.69. The fraction of sp³-hybridized carbons (Fsp3) is 0.708. The molecular formula is C24H35BN2O5. The molecule has 4 rings (SSSR count). The number of rotatable bonds is 3. The largest absolute Gasteiger partial charge is 0.496 e. The number of nitrogens with zero attached hydrogens (tertiary/aromatic N) is 2. The first-order valence-corrected chi connectivity index (χ1v) is 11.6. The number of piperidine rings is 1. The van der Waals surface area contributed by atoms with Crippen LogP contribution < -0.4 is 5.46 Å². The van der Waals surface area contributed by atoms with Crippen LogP contribution in [0, 0.1) is 5.92 Å². The van der Waals surface area contributed by atoms with Gasteiger partial charge in [-0.05, 0) is 80.2 Å². The maximum atomic E-state index is 13.2. The molecule has 1 amide bonds. The van der Waals surface area contributed by atoms with E-state index < -0.39 is 23.9 Å². The van der Waals surface area contributed by atoms with Gasteiger partial charge >= 0.3 is 13.2 Å². The van der Waals surface area contributed by atoms with E-state index >= 15 is 0 Å². The average Bonchev–Trinajstić information content (AvgIpc) is 3.07. The third kappa shape index (κ3) is 4.31. The summed E-state index contributed by atoms with van der Waals surface area (Å²) >= 11 is 0. The molecule has 8 heteroatoms. The third-order valence-electron chi connectivity index (χ3n) is 7.27. The number of ketones is 1. The molecule has 2 atom stereocenters. The number of hydrogen-bond acceptors (Lipinski definition) is 6. The first-order chi connectivity index (χ1) is 14.8. The normalized spacial score (nSPS) is 28.7. The lowest BCUT2D eigenvalue weighted by molar-refractivity contribution is 0.00250. The number of Topliss-reactive ketones (excluding diaryl/α,β-unsaturated/α-hetero) is 1. The lowest BCUT2D eigenvalue weighted by atomic mass is 9.80. The molecule has 3 saturated heterocycles. The maximum Gasteiger partial charge on any atom is 0.496 e. The molecular weight excluding hydrogens is 407 g/mol. The van der Waals surface area contributed by atoms with E-state index in [4.69, 9.17) is 14.0 Å². The van der Waals surface area contributed by atoms with Gasteiger partial charge in [0.25, 0.3) is 0 Å². The Morgan fingerprint density at radius 2 is 1.62 bits per heavy atom. The summed E-state index contributed by atoms with van der Waals surface area (Å²) in [5, 5.41) is 0. The Hall–Kier alpha value is -1.93. The summed E-state index contributed by atoms with van der Waals surface area (Å²) in [6.07, 6.45) is 4.58. The van der Waals surface area contributed by atoms with Crippen molar-refractivity contribution in [3.8, 4) is 0 Å². The molecule has 7 nitrogen and oxygen atoms in total. The molecule has 32 heavy (non-hydrogen) atoms. The predicted molar refractivity (Wildman–Crippen MR) is 122 cm³/mol. The van der Waals surface area contributed by atoms with Gasteiger partial charge in [-0.1, -0.05) is 6.07 Å². The van der Waals surface area contributed by atoms with Crippen molar-refractivity contribution in [1.29, 1.82) is 0 Å². The molecule has 0 radical (unpaired) electrons. The summed E-state index contributed by atoms with van der Waals surface area (Å²) in [5.74, 6) is -0.0763. The SMILES string of the molecule is CC(C)(C)OC(=O)N1C2CCC1CC(C(=O)c1ccc(B3OC(C)(C)C(C)(C)O3)cn1)C2. The molecule has 1 aromatic rings. The summed E-state index contributed by atoms with van der Waals surface area (Å²) in [6.45, 7) is 13.7. The molecule has 0 aliphatic carbocycles. The van der Waals surface area contributed by atoms with Gasteiger partial charge in [0, 0.05) is 29.7 Å². The van der Waals surface area contributed by atoms with Gasteiger partial charge in [-0.3, -0.25) is 9.78 Å². The second-order valence-corrected chi connectivity index (χ2v) is 11.4. The Morgan fingerprint density at radius 3 is 2.09 bits per heavy atom. The highest BCUT2D eigenvalue weighted by atomic mass is 16.7. The van der Waals surface area contributed by atoms with Crippen molar-refractivity contribution in [2.45, 2.75) is 103 Å². The van der Waals surface area contributed by atoms with Crippen molar-refractivity contribution in [2.24, 2.45) is 5.92 Å². The maximum absolute atomic E-state index is 13.2. The van der Waals surface area contributed by atoms with Gasteiger partial charge in [0.15, 0.2) is 5.78 Å². The van der Waals surface area contributed by atoms with Crippen LogP contribution in [0.15, 0.2) is 18.3 Å². The zero-order chi connectivity index (χ0) is 23.5. The zero-order valence-corrected chi connectivity index (χ0v) is 20.3. The predicted octanol–water partition coefficient (Wildman–Crippen LogP) is 3.74. The van der Waals surface area contributed by atoms with Gasteiger partial charge in [-0.15, -0.1) is 0 Å². The Labute approximate surface area is 191 Å². The van der Waals surface area contributed by atoms with Crippen LogP contribution in [0.5, 0.6) is 0 Å². The standard InChI is InChI=1S/C24H35BN2O5/c1-22(2,3)30-21(29)27-17-9-10-18(27)13-15(12-17)20(28)19-11-8-16(14-26-19)25-31-23(4,5)24(6,7)32-25/h8,11,14-15,17-18H,9-10,12-13H2,1-7H3. The fourth-order valence-corrected chi connectivity index (χ4v) is 4.88. The number of ether oxygens (including phenoxy) is 1. The van der Waals surface area contributed by atoms with Crippen LogP contribution in [-0.2, 0) is 14.0 Å². The molecule has 4 heterocycles. The van der Waals surface area contributed by atoms with E-state index in [-0.39, 0.29) is 29.9 Å². The number of carbonyl (C=O) groups is 2. The molecule has 2 unspecified atom stereocenters. The second-order valence-electron chi connectivity index (χ2n) is 11.4. The number of carbonyl (C=O) groups excluding carboxylic acids is 2. The minimum Gasteiger partial charge on any atom is -0.444 e. The topological polar surface area (TPSA) is 78.0 Å². The number of fused-ring (bicyclic) bond motifs is 2. The quantitative estimate of drug-likeness (QED) is 0.524. The van der Waals surface area contributed by atoms with Crippen LogP contribution in [0.3, 0.4) is 0 Å². The van der Waals surface area contributed by atoms with Crippen molar-refractivity contribution in [1.82, 2.24) is 9.88 Å². The van der Waals surface area contributed by atoms with E-state index in [1.807, 2.05) is 59.4 Å². The van der Waals surface area contributed by atoms with Crippen LogP contribution in [0.4, 0.5) is 4.79 Å². The highest BCUT2D eigenvalue weighted by Gasteiger charge is 2.52. The monoisotopic (exact) mass is 442 g/mol.